The fourth-order valence-electron chi connectivity index (χ4n) is 1.95. The van der Waals surface area contributed by atoms with Gasteiger partial charge >= 0.3 is 0 Å². The van der Waals surface area contributed by atoms with Crippen LogP contribution < -0.4 is 5.32 Å². The molecule has 1 heterocycles. The number of aromatic nitrogens is 1. The van der Waals surface area contributed by atoms with Crippen molar-refractivity contribution in [2.45, 2.75) is 20.8 Å². The highest BCUT2D eigenvalue weighted by atomic mass is 79.9. The lowest BCUT2D eigenvalue weighted by molar-refractivity contribution is 1.11. The number of hydrogen-bond donors (Lipinski definition) is 1. The molecule has 1 aromatic heterocycles. The Balaban J connectivity index is 2.49. The summed E-state index contributed by atoms with van der Waals surface area (Å²) >= 11 is 3.51. The van der Waals surface area contributed by atoms with Crippen molar-refractivity contribution in [2.75, 3.05) is 5.32 Å². The number of nitrogens with one attached hydrogen (secondary N) is 1. The molecule has 0 fully saturated rings. The van der Waals surface area contributed by atoms with E-state index in [0.717, 1.165) is 32.8 Å². The van der Waals surface area contributed by atoms with Crippen molar-refractivity contribution in [2.24, 2.45) is 0 Å². The molecule has 0 aliphatic heterocycles. The van der Waals surface area contributed by atoms with E-state index in [1.54, 1.807) is 0 Å². The first-order chi connectivity index (χ1) is 9.01. The molecule has 4 heteroatoms. The Labute approximate surface area is 121 Å². The van der Waals surface area contributed by atoms with E-state index in [4.69, 9.17) is 0 Å². The molecule has 0 aliphatic carbocycles. The summed E-state index contributed by atoms with van der Waals surface area (Å²) in [4.78, 5) is 4.31. The molecule has 0 bridgehead atoms. The summed E-state index contributed by atoms with van der Waals surface area (Å²) in [6.45, 7) is 5.80. The molecule has 2 aromatic rings. The standard InChI is InChI=1S/C15H14BrN3/c1-9-4-5-13(16)15(6-9)19-14-7-10(2)18-11(3)12(14)8-17/h4-7H,1-3H3,(H,18,19). The molecular formula is C15H14BrN3. The first kappa shape index (κ1) is 13.6. The molecule has 1 N–H and O–H groups in total. The Morgan fingerprint density at radius 3 is 2.58 bits per heavy atom. The van der Waals surface area contributed by atoms with Crippen LogP contribution in [0.2, 0.25) is 0 Å². The van der Waals surface area contributed by atoms with E-state index in [1.807, 2.05) is 45.0 Å². The molecule has 1 aromatic carbocycles. The van der Waals surface area contributed by atoms with E-state index in [9.17, 15) is 5.26 Å². The van der Waals surface area contributed by atoms with Gasteiger partial charge in [0.15, 0.2) is 0 Å². The maximum Gasteiger partial charge on any atom is 0.103 e. The molecule has 0 amide bonds. The van der Waals surface area contributed by atoms with Gasteiger partial charge in [-0.15, -0.1) is 0 Å². The predicted octanol–water partition coefficient (Wildman–Crippen LogP) is 4.38. The summed E-state index contributed by atoms with van der Waals surface area (Å²) in [5, 5.41) is 12.6. The van der Waals surface area contributed by atoms with Crippen molar-refractivity contribution >= 4 is 27.3 Å². The van der Waals surface area contributed by atoms with Gasteiger partial charge in [0, 0.05) is 10.2 Å². The van der Waals surface area contributed by atoms with E-state index in [-0.39, 0.29) is 0 Å². The van der Waals surface area contributed by atoms with Gasteiger partial charge in [0.1, 0.15) is 6.07 Å². The zero-order valence-corrected chi connectivity index (χ0v) is 12.7. The number of nitrogens with zero attached hydrogens (tertiary/aromatic N) is 2. The van der Waals surface area contributed by atoms with Crippen LogP contribution in [0.5, 0.6) is 0 Å². The lowest BCUT2D eigenvalue weighted by Crippen LogP contribution is -2.00. The third-order valence-corrected chi connectivity index (χ3v) is 3.52. The molecule has 0 aliphatic rings. The van der Waals surface area contributed by atoms with Gasteiger partial charge in [0.25, 0.3) is 0 Å². The molecule has 96 valence electrons. The number of hydrogen-bond acceptors (Lipinski definition) is 3. The van der Waals surface area contributed by atoms with E-state index in [2.05, 4.69) is 32.3 Å². The van der Waals surface area contributed by atoms with Crippen molar-refractivity contribution < 1.29 is 0 Å². The average molecular weight is 316 g/mol. The van der Waals surface area contributed by atoms with Crippen LogP contribution in [0, 0.1) is 32.1 Å². The first-order valence-corrected chi connectivity index (χ1v) is 6.72. The van der Waals surface area contributed by atoms with Crippen molar-refractivity contribution in [3.05, 3.63) is 51.3 Å². The minimum Gasteiger partial charge on any atom is -0.353 e. The summed E-state index contributed by atoms with van der Waals surface area (Å²) in [5.41, 5.74) is 5.11. The zero-order chi connectivity index (χ0) is 14.0. The number of pyridine rings is 1. The second kappa shape index (κ2) is 5.41. The summed E-state index contributed by atoms with van der Waals surface area (Å²) in [6.07, 6.45) is 0. The Kier molecular flexibility index (Phi) is 3.87. The van der Waals surface area contributed by atoms with Crippen molar-refractivity contribution in [1.29, 1.82) is 5.26 Å². The SMILES string of the molecule is Cc1ccc(Br)c(Nc2cc(C)nc(C)c2C#N)c1. The first-order valence-electron chi connectivity index (χ1n) is 5.93. The summed E-state index contributed by atoms with van der Waals surface area (Å²) in [5.74, 6) is 0. The van der Waals surface area contributed by atoms with Crippen LogP contribution in [0.25, 0.3) is 0 Å². The second-order valence-electron chi connectivity index (χ2n) is 4.49. The maximum atomic E-state index is 9.25. The van der Waals surface area contributed by atoms with Crippen LogP contribution in [-0.2, 0) is 0 Å². The fourth-order valence-corrected chi connectivity index (χ4v) is 2.29. The number of benzene rings is 1. The number of rotatable bonds is 2. The van der Waals surface area contributed by atoms with Gasteiger partial charge in [0.05, 0.1) is 22.6 Å². The molecule has 0 saturated heterocycles. The highest BCUT2D eigenvalue weighted by Gasteiger charge is 2.09. The van der Waals surface area contributed by atoms with Crippen LogP contribution >= 0.6 is 15.9 Å². The summed E-state index contributed by atoms with van der Waals surface area (Å²) in [6, 6.07) is 10.2. The lowest BCUT2D eigenvalue weighted by Gasteiger charge is -2.13. The van der Waals surface area contributed by atoms with Crippen LogP contribution in [0.4, 0.5) is 11.4 Å². The van der Waals surface area contributed by atoms with Crippen LogP contribution in [0.3, 0.4) is 0 Å². The second-order valence-corrected chi connectivity index (χ2v) is 5.35. The normalized spacial score (nSPS) is 10.1. The largest absolute Gasteiger partial charge is 0.353 e. The Morgan fingerprint density at radius 2 is 1.89 bits per heavy atom. The number of aryl methyl sites for hydroxylation is 3. The van der Waals surface area contributed by atoms with Gasteiger partial charge in [0.2, 0.25) is 0 Å². The van der Waals surface area contributed by atoms with Crippen molar-refractivity contribution in [3.63, 3.8) is 0 Å². The minimum atomic E-state index is 0.582. The molecule has 19 heavy (non-hydrogen) atoms. The third-order valence-electron chi connectivity index (χ3n) is 2.83. The van der Waals surface area contributed by atoms with Crippen LogP contribution in [0.1, 0.15) is 22.5 Å². The monoisotopic (exact) mass is 315 g/mol. The molecule has 2 rings (SSSR count). The third kappa shape index (κ3) is 2.94. The lowest BCUT2D eigenvalue weighted by atomic mass is 10.1. The minimum absolute atomic E-state index is 0.582. The van der Waals surface area contributed by atoms with Crippen molar-refractivity contribution in [1.82, 2.24) is 4.98 Å². The predicted molar refractivity (Wildman–Crippen MR) is 80.6 cm³/mol. The Bertz CT molecular complexity index is 672. The highest BCUT2D eigenvalue weighted by Crippen LogP contribution is 2.29. The van der Waals surface area contributed by atoms with Crippen LogP contribution in [0.15, 0.2) is 28.7 Å². The smallest absolute Gasteiger partial charge is 0.103 e. The molecular weight excluding hydrogens is 302 g/mol. The van der Waals surface area contributed by atoms with Gasteiger partial charge in [-0.05, 0) is 60.5 Å². The number of nitriles is 1. The van der Waals surface area contributed by atoms with Gasteiger partial charge in [-0.2, -0.15) is 5.26 Å². The van der Waals surface area contributed by atoms with Crippen LogP contribution in [-0.4, -0.2) is 4.98 Å². The number of halogens is 1. The van der Waals surface area contributed by atoms with E-state index in [0.29, 0.717) is 5.56 Å². The van der Waals surface area contributed by atoms with Gasteiger partial charge in [-0.1, -0.05) is 6.07 Å². The van der Waals surface area contributed by atoms with E-state index < -0.39 is 0 Å². The van der Waals surface area contributed by atoms with E-state index in [1.165, 1.54) is 0 Å². The highest BCUT2D eigenvalue weighted by molar-refractivity contribution is 9.10. The molecule has 0 spiro atoms. The molecule has 0 saturated carbocycles. The molecule has 3 nitrogen and oxygen atoms in total. The maximum absolute atomic E-state index is 9.25. The Morgan fingerprint density at radius 1 is 1.16 bits per heavy atom. The molecule has 0 unspecified atom stereocenters. The topological polar surface area (TPSA) is 48.7 Å². The molecule has 0 atom stereocenters. The summed E-state index contributed by atoms with van der Waals surface area (Å²) in [7, 11) is 0. The van der Waals surface area contributed by atoms with Gasteiger partial charge < -0.3 is 5.32 Å². The Hall–Kier alpha value is -1.86. The summed E-state index contributed by atoms with van der Waals surface area (Å²) < 4.78 is 0.967. The van der Waals surface area contributed by atoms with E-state index >= 15 is 0 Å². The molecule has 0 radical (unpaired) electrons. The van der Waals surface area contributed by atoms with Gasteiger partial charge in [-0.25, -0.2) is 0 Å². The fraction of sp³-hybridized carbons (Fsp3) is 0.200. The van der Waals surface area contributed by atoms with Gasteiger partial charge in [-0.3, -0.25) is 4.98 Å². The number of anilines is 2. The zero-order valence-electron chi connectivity index (χ0n) is 11.1. The average Bonchev–Trinajstić information content (AvgIpc) is 2.33. The van der Waals surface area contributed by atoms with Crippen molar-refractivity contribution in [3.8, 4) is 6.07 Å². The quantitative estimate of drug-likeness (QED) is 0.894.